The number of carbonyl (C=O) groups excluding carboxylic acids is 2. The Morgan fingerprint density at radius 2 is 1.55 bits per heavy atom. The van der Waals surface area contributed by atoms with Gasteiger partial charge in [0.1, 0.15) is 22.7 Å². The van der Waals surface area contributed by atoms with Gasteiger partial charge in [0.05, 0.1) is 28.6 Å². The molecule has 0 unspecified atom stereocenters. The summed E-state index contributed by atoms with van der Waals surface area (Å²) < 4.78 is 67.2. The van der Waals surface area contributed by atoms with E-state index in [0.29, 0.717) is 22.1 Å². The summed E-state index contributed by atoms with van der Waals surface area (Å²) in [5, 5.41) is 2.96. The van der Waals surface area contributed by atoms with Gasteiger partial charge in [-0.3, -0.25) is 13.9 Å². The molecule has 2 aromatic heterocycles. The minimum atomic E-state index is -3.82. The number of para-hydroxylation sites is 1. The smallest absolute Gasteiger partial charge is 0.255 e. The van der Waals surface area contributed by atoms with Crippen LogP contribution in [0.5, 0.6) is 0 Å². The molecule has 0 spiro atoms. The number of hydrogen-bond donors (Lipinski definition) is 1. The number of nitrogens with zero attached hydrogens (tertiary/aromatic N) is 3. The summed E-state index contributed by atoms with van der Waals surface area (Å²) in [6.07, 6.45) is 1.04. The highest BCUT2D eigenvalue weighted by Gasteiger charge is 2.27. The first-order chi connectivity index (χ1) is 22.3. The lowest BCUT2D eigenvalue weighted by Crippen LogP contribution is -2.25. The van der Waals surface area contributed by atoms with Crippen molar-refractivity contribution in [2.24, 2.45) is 0 Å². The Labute approximate surface area is 268 Å². The Kier molecular flexibility index (Phi) is 7.80. The van der Waals surface area contributed by atoms with E-state index in [4.69, 9.17) is 8.83 Å². The number of hydrogen-bond acceptors (Lipinski definition) is 7. The minimum absolute atomic E-state index is 0.0167. The molecule has 240 valence electrons. The fraction of sp³-hybridized carbons (Fsp3) is 0.147. The zero-order valence-corrected chi connectivity index (χ0v) is 26.7. The van der Waals surface area contributed by atoms with Gasteiger partial charge in [-0.05, 0) is 60.2 Å². The molecule has 2 amide bonds. The highest BCUT2D eigenvalue weighted by Crippen LogP contribution is 2.42. The molecular formula is C34H28F2N4O6S. The molecule has 6 rings (SSSR count). The molecule has 0 aliphatic heterocycles. The van der Waals surface area contributed by atoms with Crippen molar-refractivity contribution in [3.63, 3.8) is 0 Å². The molecule has 2 heterocycles. The van der Waals surface area contributed by atoms with Gasteiger partial charge in [0.25, 0.3) is 11.8 Å². The first-order valence-electron chi connectivity index (χ1n) is 14.2. The first kappa shape index (κ1) is 31.4. The number of furan rings is 1. The van der Waals surface area contributed by atoms with Crippen LogP contribution in [0.15, 0.2) is 81.6 Å². The summed E-state index contributed by atoms with van der Waals surface area (Å²) in [6.45, 7) is 0. The SMILES string of the molecule is CNC(=O)c1c(-c2ccc(F)cc2)oc2cc(N(C)S(C)(=O)=O)c(-c3ccc(C(=O)N(C)C)c(-c4nc5c(F)cccc5o4)c3)cc12. The van der Waals surface area contributed by atoms with Crippen LogP contribution >= 0.6 is 0 Å². The molecule has 0 radical (unpaired) electrons. The summed E-state index contributed by atoms with van der Waals surface area (Å²) in [4.78, 5) is 32.3. The number of aromatic nitrogens is 1. The number of benzene rings is 4. The van der Waals surface area contributed by atoms with Crippen LogP contribution in [-0.2, 0) is 10.0 Å². The molecule has 13 heteroatoms. The van der Waals surface area contributed by atoms with E-state index in [1.165, 1.54) is 61.5 Å². The van der Waals surface area contributed by atoms with Crippen LogP contribution in [0.25, 0.3) is 56.0 Å². The maximum Gasteiger partial charge on any atom is 0.255 e. The van der Waals surface area contributed by atoms with Crippen molar-refractivity contribution in [2.45, 2.75) is 0 Å². The van der Waals surface area contributed by atoms with Crippen molar-refractivity contribution >= 4 is 49.6 Å². The fourth-order valence-electron chi connectivity index (χ4n) is 5.30. The van der Waals surface area contributed by atoms with E-state index in [2.05, 4.69) is 10.3 Å². The largest absolute Gasteiger partial charge is 0.455 e. The Bertz CT molecular complexity index is 2330. The van der Waals surface area contributed by atoms with Crippen molar-refractivity contribution in [1.29, 1.82) is 0 Å². The van der Waals surface area contributed by atoms with Crippen molar-refractivity contribution in [3.8, 4) is 33.9 Å². The summed E-state index contributed by atoms with van der Waals surface area (Å²) >= 11 is 0. The monoisotopic (exact) mass is 658 g/mol. The number of fused-ring (bicyclic) bond motifs is 2. The van der Waals surface area contributed by atoms with E-state index in [0.717, 1.165) is 10.6 Å². The Morgan fingerprint density at radius 1 is 0.851 bits per heavy atom. The Hall–Kier alpha value is -5.56. The average Bonchev–Trinajstić information content (AvgIpc) is 3.65. The molecule has 0 aliphatic carbocycles. The van der Waals surface area contributed by atoms with Crippen molar-refractivity contribution < 1.29 is 35.6 Å². The molecule has 10 nitrogen and oxygen atoms in total. The van der Waals surface area contributed by atoms with Gasteiger partial charge >= 0.3 is 0 Å². The van der Waals surface area contributed by atoms with Crippen molar-refractivity contribution in [2.75, 3.05) is 38.8 Å². The third-order valence-electron chi connectivity index (χ3n) is 7.77. The molecular weight excluding hydrogens is 630 g/mol. The molecule has 0 atom stereocenters. The number of rotatable bonds is 7. The lowest BCUT2D eigenvalue weighted by atomic mass is 9.95. The van der Waals surface area contributed by atoms with E-state index in [1.807, 2.05) is 0 Å². The summed E-state index contributed by atoms with van der Waals surface area (Å²) in [6, 6.07) is 17.6. The predicted octanol–water partition coefficient (Wildman–Crippen LogP) is 6.31. The molecule has 6 aromatic rings. The van der Waals surface area contributed by atoms with Gasteiger partial charge in [0, 0.05) is 50.8 Å². The maximum atomic E-state index is 14.6. The molecule has 0 saturated heterocycles. The van der Waals surface area contributed by atoms with E-state index < -0.39 is 27.6 Å². The highest BCUT2D eigenvalue weighted by atomic mass is 32.2. The zero-order chi connectivity index (χ0) is 33.8. The molecule has 0 saturated carbocycles. The average molecular weight is 659 g/mol. The second-order valence-electron chi connectivity index (χ2n) is 11.1. The van der Waals surface area contributed by atoms with Crippen LogP contribution < -0.4 is 9.62 Å². The third-order valence-corrected chi connectivity index (χ3v) is 8.96. The lowest BCUT2D eigenvalue weighted by molar-refractivity contribution is 0.0827. The fourth-order valence-corrected chi connectivity index (χ4v) is 5.81. The molecule has 0 aliphatic rings. The van der Waals surface area contributed by atoms with Gasteiger partial charge in [-0.2, -0.15) is 0 Å². The number of sulfonamides is 1. The van der Waals surface area contributed by atoms with Gasteiger partial charge < -0.3 is 19.1 Å². The number of oxazole rings is 1. The maximum absolute atomic E-state index is 14.6. The van der Waals surface area contributed by atoms with Crippen molar-refractivity contribution in [1.82, 2.24) is 15.2 Å². The van der Waals surface area contributed by atoms with E-state index in [-0.39, 0.29) is 56.6 Å². The standard InChI is InChI=1S/C34H28F2N4O6S/c1-37-32(41)29-24-16-22(26(40(4)47(5,43)44)17-28(24)45-31(29)18-9-12-20(35)13-10-18)19-11-14-21(34(42)39(2)3)23(15-19)33-38-30-25(36)7-6-8-27(30)46-33/h6-17H,1-5H3,(H,37,41). The van der Waals surface area contributed by atoms with Gasteiger partial charge in [-0.15, -0.1) is 0 Å². The van der Waals surface area contributed by atoms with Crippen LogP contribution in [-0.4, -0.2) is 64.6 Å². The molecule has 4 aromatic carbocycles. The quantitative estimate of drug-likeness (QED) is 0.213. The number of nitrogens with one attached hydrogen (secondary N) is 1. The van der Waals surface area contributed by atoms with Crippen LogP contribution in [0.2, 0.25) is 0 Å². The molecule has 47 heavy (non-hydrogen) atoms. The number of carbonyl (C=O) groups is 2. The number of anilines is 1. The molecule has 0 fully saturated rings. The summed E-state index contributed by atoms with van der Waals surface area (Å²) in [5.41, 5.74) is 2.36. The summed E-state index contributed by atoms with van der Waals surface area (Å²) in [5.74, 6) is -1.80. The van der Waals surface area contributed by atoms with Gasteiger partial charge in [0.2, 0.25) is 15.9 Å². The van der Waals surface area contributed by atoms with E-state index in [1.54, 1.807) is 44.4 Å². The Morgan fingerprint density at radius 3 is 2.19 bits per heavy atom. The highest BCUT2D eigenvalue weighted by molar-refractivity contribution is 7.92. The molecule has 1 N–H and O–H groups in total. The third kappa shape index (κ3) is 5.58. The van der Waals surface area contributed by atoms with Crippen molar-refractivity contribution in [3.05, 3.63) is 95.6 Å². The normalized spacial score (nSPS) is 11.6. The second-order valence-corrected chi connectivity index (χ2v) is 13.1. The van der Waals surface area contributed by atoms with Gasteiger partial charge in [-0.1, -0.05) is 12.1 Å². The number of amides is 2. The topological polar surface area (TPSA) is 126 Å². The van der Waals surface area contributed by atoms with Crippen LogP contribution in [0.4, 0.5) is 14.5 Å². The molecule has 0 bridgehead atoms. The van der Waals surface area contributed by atoms with Crippen LogP contribution in [0.1, 0.15) is 20.7 Å². The Balaban J connectivity index is 1.67. The minimum Gasteiger partial charge on any atom is -0.455 e. The summed E-state index contributed by atoms with van der Waals surface area (Å²) in [7, 11) is 2.17. The van der Waals surface area contributed by atoms with Gasteiger partial charge in [0.15, 0.2) is 11.4 Å². The first-order valence-corrected chi connectivity index (χ1v) is 16.1. The predicted molar refractivity (Wildman–Crippen MR) is 175 cm³/mol. The van der Waals surface area contributed by atoms with Crippen LogP contribution in [0, 0.1) is 11.6 Å². The zero-order valence-electron chi connectivity index (χ0n) is 25.9. The van der Waals surface area contributed by atoms with E-state index >= 15 is 0 Å². The van der Waals surface area contributed by atoms with E-state index in [9.17, 15) is 26.8 Å². The van der Waals surface area contributed by atoms with Gasteiger partial charge in [-0.25, -0.2) is 22.2 Å². The lowest BCUT2D eigenvalue weighted by Gasteiger charge is -2.21. The second kappa shape index (κ2) is 11.7. The van der Waals surface area contributed by atoms with Crippen LogP contribution in [0.3, 0.4) is 0 Å². The number of halogens is 2.